The van der Waals surface area contributed by atoms with Crippen LogP contribution in [0.1, 0.15) is 20.8 Å². The lowest BCUT2D eigenvalue weighted by Gasteiger charge is -2.30. The second kappa shape index (κ2) is 8.54. The van der Waals surface area contributed by atoms with Gasteiger partial charge in [-0.3, -0.25) is 0 Å². The Morgan fingerprint density at radius 2 is 1.59 bits per heavy atom. The highest BCUT2D eigenvalue weighted by atomic mass is 28.4. The van der Waals surface area contributed by atoms with E-state index in [9.17, 15) is 0 Å². The van der Waals surface area contributed by atoms with Gasteiger partial charge in [-0.05, 0) is 36.3 Å². The van der Waals surface area contributed by atoms with Crippen LogP contribution in [0, 0.1) is 0 Å². The average Bonchev–Trinajstić information content (AvgIpc) is 2.57. The summed E-state index contributed by atoms with van der Waals surface area (Å²) in [6.45, 7) is 15.6. The lowest BCUT2D eigenvalue weighted by molar-refractivity contribution is 0.422. The quantitative estimate of drug-likeness (QED) is 0.320. The SMILES string of the molecule is C=C/C(=C/C[Si](C)(C)c1ccccc1)O[Si](CC)(CC)CC. The van der Waals surface area contributed by atoms with E-state index >= 15 is 0 Å². The monoisotopic (exact) mass is 332 g/mol. The molecule has 0 saturated carbocycles. The highest BCUT2D eigenvalue weighted by molar-refractivity contribution is 6.90. The van der Waals surface area contributed by atoms with Gasteiger partial charge in [0.15, 0.2) is 0 Å². The van der Waals surface area contributed by atoms with Gasteiger partial charge in [0.1, 0.15) is 0 Å². The Balaban J connectivity index is 2.87. The van der Waals surface area contributed by atoms with Crippen LogP contribution in [0.3, 0.4) is 0 Å². The third kappa shape index (κ3) is 4.99. The first-order valence-corrected chi connectivity index (χ1v) is 14.2. The van der Waals surface area contributed by atoms with Gasteiger partial charge in [0.2, 0.25) is 8.32 Å². The Morgan fingerprint density at radius 3 is 2.05 bits per heavy atom. The van der Waals surface area contributed by atoms with Gasteiger partial charge in [0, 0.05) is 0 Å². The Hall–Kier alpha value is -1.07. The van der Waals surface area contributed by atoms with Crippen LogP contribution in [0.25, 0.3) is 0 Å². The number of benzene rings is 1. The molecule has 1 nitrogen and oxygen atoms in total. The molecule has 0 bridgehead atoms. The number of allylic oxidation sites excluding steroid dienone is 2. The van der Waals surface area contributed by atoms with E-state index in [0.29, 0.717) is 0 Å². The van der Waals surface area contributed by atoms with Crippen LogP contribution in [-0.2, 0) is 4.43 Å². The lowest BCUT2D eigenvalue weighted by atomic mass is 10.4. The van der Waals surface area contributed by atoms with Crippen LogP contribution in [0.2, 0.25) is 37.3 Å². The highest BCUT2D eigenvalue weighted by Crippen LogP contribution is 2.26. The molecule has 1 aromatic rings. The fraction of sp³-hybridized carbons (Fsp3) is 0.474. The Kier molecular flexibility index (Phi) is 7.36. The zero-order valence-corrected chi connectivity index (χ0v) is 17.0. The standard InChI is InChI=1S/C19H32OSi2/c1-7-18(20-22(8-2,9-3)10-4)16-17-21(5,6)19-14-12-11-13-15-19/h7,11-16H,1,8-10,17H2,2-6H3/b18-16-. The van der Waals surface area contributed by atoms with Gasteiger partial charge >= 0.3 is 0 Å². The molecule has 0 unspecified atom stereocenters. The minimum Gasteiger partial charge on any atom is -0.544 e. The maximum Gasteiger partial charge on any atom is 0.250 e. The van der Waals surface area contributed by atoms with Crippen LogP contribution in [0.15, 0.2) is 54.8 Å². The first kappa shape index (κ1) is 19.0. The van der Waals surface area contributed by atoms with Crippen LogP contribution < -0.4 is 5.19 Å². The smallest absolute Gasteiger partial charge is 0.250 e. The molecule has 0 aromatic heterocycles. The fourth-order valence-corrected chi connectivity index (χ4v) is 7.39. The predicted octanol–water partition coefficient (Wildman–Crippen LogP) is 5.69. The molecule has 122 valence electrons. The molecule has 0 aliphatic heterocycles. The number of rotatable bonds is 9. The minimum atomic E-state index is -1.60. The van der Waals surface area contributed by atoms with Gasteiger partial charge in [-0.25, -0.2) is 0 Å². The van der Waals surface area contributed by atoms with Crippen molar-refractivity contribution < 1.29 is 4.43 Å². The molecule has 0 heterocycles. The molecule has 0 fully saturated rings. The van der Waals surface area contributed by atoms with E-state index in [-0.39, 0.29) is 0 Å². The summed E-state index contributed by atoms with van der Waals surface area (Å²) in [5.74, 6) is 1.01. The summed E-state index contributed by atoms with van der Waals surface area (Å²) < 4.78 is 6.47. The molecule has 1 aromatic carbocycles. The summed E-state index contributed by atoms with van der Waals surface area (Å²) in [7, 11) is -3.05. The zero-order valence-electron chi connectivity index (χ0n) is 15.0. The van der Waals surface area contributed by atoms with Crippen molar-refractivity contribution >= 4 is 21.6 Å². The molecule has 0 N–H and O–H groups in total. The molecule has 22 heavy (non-hydrogen) atoms. The first-order chi connectivity index (χ1) is 10.4. The Labute approximate surface area is 139 Å². The van der Waals surface area contributed by atoms with Crippen molar-refractivity contribution in [2.45, 2.75) is 58.0 Å². The molecule has 0 aliphatic carbocycles. The summed E-state index contributed by atoms with van der Waals surface area (Å²) in [6.07, 6.45) is 4.19. The maximum atomic E-state index is 6.47. The van der Waals surface area contributed by atoms with Crippen LogP contribution >= 0.6 is 0 Å². The molecule has 0 amide bonds. The predicted molar refractivity (Wildman–Crippen MR) is 105 cm³/mol. The van der Waals surface area contributed by atoms with E-state index in [2.05, 4.69) is 76.9 Å². The first-order valence-electron chi connectivity index (χ1n) is 8.50. The van der Waals surface area contributed by atoms with Crippen molar-refractivity contribution in [1.82, 2.24) is 0 Å². The normalized spacial score (nSPS) is 13.0. The highest BCUT2D eigenvalue weighted by Gasteiger charge is 2.31. The maximum absolute atomic E-state index is 6.47. The van der Waals surface area contributed by atoms with E-state index < -0.39 is 16.4 Å². The molecule has 1 rings (SSSR count). The van der Waals surface area contributed by atoms with E-state index in [1.807, 2.05) is 6.08 Å². The van der Waals surface area contributed by atoms with Crippen LogP contribution in [-0.4, -0.2) is 16.4 Å². The van der Waals surface area contributed by atoms with E-state index in [1.165, 1.54) is 23.3 Å². The Bertz CT molecular complexity index is 479. The largest absolute Gasteiger partial charge is 0.544 e. The summed E-state index contributed by atoms with van der Waals surface area (Å²) >= 11 is 0. The van der Waals surface area contributed by atoms with Gasteiger partial charge in [-0.2, -0.15) is 0 Å². The molecular formula is C19H32OSi2. The summed E-state index contributed by atoms with van der Waals surface area (Å²) in [4.78, 5) is 0. The molecule has 0 atom stereocenters. The zero-order chi connectivity index (χ0) is 16.6. The molecule has 0 saturated heterocycles. The second-order valence-corrected chi connectivity index (χ2v) is 16.1. The van der Waals surface area contributed by atoms with Gasteiger partial charge in [-0.1, -0.05) is 76.0 Å². The molecule has 0 spiro atoms. The number of hydrogen-bond acceptors (Lipinski definition) is 1. The van der Waals surface area contributed by atoms with Gasteiger partial charge in [0.05, 0.1) is 13.8 Å². The van der Waals surface area contributed by atoms with Gasteiger partial charge in [0.25, 0.3) is 0 Å². The average molecular weight is 333 g/mol. The summed E-state index contributed by atoms with van der Waals surface area (Å²) in [6, 6.07) is 15.5. The van der Waals surface area contributed by atoms with Crippen molar-refractivity contribution in [3.63, 3.8) is 0 Å². The topological polar surface area (TPSA) is 9.23 Å². The third-order valence-electron chi connectivity index (χ3n) is 4.84. The minimum absolute atomic E-state index is 1.01. The Morgan fingerprint density at radius 1 is 1.05 bits per heavy atom. The van der Waals surface area contributed by atoms with Crippen molar-refractivity contribution in [1.29, 1.82) is 0 Å². The van der Waals surface area contributed by atoms with Crippen LogP contribution in [0.4, 0.5) is 0 Å². The van der Waals surface area contributed by atoms with Crippen molar-refractivity contribution in [2.75, 3.05) is 0 Å². The van der Waals surface area contributed by atoms with Gasteiger partial charge < -0.3 is 4.43 Å². The van der Waals surface area contributed by atoms with Gasteiger partial charge in [-0.15, -0.1) is 0 Å². The third-order valence-corrected chi connectivity index (χ3v) is 12.5. The van der Waals surface area contributed by atoms with Crippen molar-refractivity contribution in [2.24, 2.45) is 0 Å². The summed E-state index contributed by atoms with van der Waals surface area (Å²) in [5, 5.41) is 1.50. The van der Waals surface area contributed by atoms with E-state index in [0.717, 1.165) is 11.8 Å². The van der Waals surface area contributed by atoms with Crippen LogP contribution in [0.5, 0.6) is 0 Å². The van der Waals surface area contributed by atoms with E-state index in [4.69, 9.17) is 4.43 Å². The van der Waals surface area contributed by atoms with Crippen molar-refractivity contribution in [3.8, 4) is 0 Å². The molecular weight excluding hydrogens is 300 g/mol. The summed E-state index contributed by atoms with van der Waals surface area (Å²) in [5.41, 5.74) is 0. The molecule has 0 radical (unpaired) electrons. The molecule has 3 heteroatoms. The van der Waals surface area contributed by atoms with Crippen molar-refractivity contribution in [3.05, 3.63) is 54.8 Å². The molecule has 0 aliphatic rings. The fourth-order valence-electron chi connectivity index (χ4n) is 2.75. The second-order valence-electron chi connectivity index (χ2n) is 6.61. The van der Waals surface area contributed by atoms with E-state index in [1.54, 1.807) is 0 Å². The lowest BCUT2D eigenvalue weighted by Crippen LogP contribution is -2.40. The number of hydrogen-bond donors (Lipinski definition) is 0.